The molecule has 0 fully saturated rings. The first-order valence-corrected chi connectivity index (χ1v) is 5.94. The van der Waals surface area contributed by atoms with Gasteiger partial charge in [-0.2, -0.15) is 0 Å². The van der Waals surface area contributed by atoms with Crippen LogP contribution in [0, 0.1) is 12.8 Å². The smallest absolute Gasteiger partial charge is 0.203 e. The molecule has 0 aromatic carbocycles. The van der Waals surface area contributed by atoms with Crippen molar-refractivity contribution in [1.82, 2.24) is 4.57 Å². The molecule has 1 aromatic rings. The van der Waals surface area contributed by atoms with Gasteiger partial charge in [0.05, 0.1) is 18.4 Å². The highest BCUT2D eigenvalue weighted by atomic mass is 16.5. The zero-order chi connectivity index (χ0) is 13.6. The van der Waals surface area contributed by atoms with E-state index in [2.05, 4.69) is 0 Å². The molecule has 0 bridgehead atoms. The topological polar surface area (TPSA) is 48.3 Å². The third-order valence-corrected chi connectivity index (χ3v) is 3.47. The third kappa shape index (κ3) is 1.52. The number of hydrogen-bond donors (Lipinski definition) is 0. The number of methoxy groups -OCH3 is 1. The highest BCUT2D eigenvalue weighted by Crippen LogP contribution is 2.36. The Hall–Kier alpha value is -1.84. The predicted molar refractivity (Wildman–Crippen MR) is 68.3 cm³/mol. The van der Waals surface area contributed by atoms with Crippen molar-refractivity contribution >= 4 is 11.6 Å². The van der Waals surface area contributed by atoms with E-state index in [-0.39, 0.29) is 17.5 Å². The number of carbonyl (C=O) groups is 2. The van der Waals surface area contributed by atoms with Crippen molar-refractivity contribution in [1.29, 1.82) is 0 Å². The zero-order valence-electron chi connectivity index (χ0n) is 11.3. The van der Waals surface area contributed by atoms with Crippen molar-refractivity contribution < 1.29 is 14.3 Å². The summed E-state index contributed by atoms with van der Waals surface area (Å²) in [5, 5.41) is 0. The number of rotatable bonds is 2. The number of nitrogens with zero attached hydrogens (tertiary/aromatic N) is 1. The number of allylic oxidation sites excluding steroid dienone is 2. The Morgan fingerprint density at radius 1 is 1.28 bits per heavy atom. The van der Waals surface area contributed by atoms with Crippen molar-refractivity contribution in [2.45, 2.75) is 20.8 Å². The van der Waals surface area contributed by atoms with Gasteiger partial charge in [-0.3, -0.25) is 9.59 Å². The van der Waals surface area contributed by atoms with Gasteiger partial charge in [-0.1, -0.05) is 13.8 Å². The molecule has 96 valence electrons. The molecule has 0 radical (unpaired) electrons. The number of Topliss-reactive ketones (excluding diaryl/α,β-unsaturated/α-hetero) is 1. The number of aromatic nitrogens is 1. The largest absolute Gasteiger partial charge is 0.494 e. The number of carbonyl (C=O) groups excluding carboxylic acids is 2. The summed E-state index contributed by atoms with van der Waals surface area (Å²) in [4.78, 5) is 24.6. The Morgan fingerprint density at radius 3 is 2.39 bits per heavy atom. The summed E-state index contributed by atoms with van der Waals surface area (Å²) in [6.07, 6.45) is 1.45. The molecule has 1 aliphatic rings. The summed E-state index contributed by atoms with van der Waals surface area (Å²) in [5.41, 5.74) is 2.19. The van der Waals surface area contributed by atoms with Crippen molar-refractivity contribution in [3.8, 4) is 5.75 Å². The van der Waals surface area contributed by atoms with Crippen LogP contribution in [0.2, 0.25) is 0 Å². The van der Waals surface area contributed by atoms with Crippen LogP contribution in [0.5, 0.6) is 5.75 Å². The van der Waals surface area contributed by atoms with E-state index in [1.165, 1.54) is 13.2 Å². The van der Waals surface area contributed by atoms with Gasteiger partial charge in [-0.15, -0.1) is 0 Å². The lowest BCUT2D eigenvalue weighted by Gasteiger charge is -2.16. The molecule has 0 saturated carbocycles. The van der Waals surface area contributed by atoms with Crippen LogP contribution >= 0.6 is 0 Å². The van der Waals surface area contributed by atoms with Crippen LogP contribution in [-0.2, 0) is 7.05 Å². The Morgan fingerprint density at radius 2 is 1.89 bits per heavy atom. The van der Waals surface area contributed by atoms with E-state index in [0.717, 1.165) is 5.69 Å². The summed E-state index contributed by atoms with van der Waals surface area (Å²) in [6.45, 7) is 5.65. The summed E-state index contributed by atoms with van der Waals surface area (Å²) < 4.78 is 7.01. The van der Waals surface area contributed by atoms with E-state index in [1.54, 1.807) is 11.6 Å². The summed E-state index contributed by atoms with van der Waals surface area (Å²) in [7, 11) is 3.30. The maximum atomic E-state index is 12.4. The molecule has 1 aliphatic carbocycles. The van der Waals surface area contributed by atoms with E-state index in [0.29, 0.717) is 22.6 Å². The highest BCUT2D eigenvalue weighted by molar-refractivity contribution is 6.25. The van der Waals surface area contributed by atoms with Crippen molar-refractivity contribution in [2.75, 3.05) is 7.11 Å². The number of ketones is 2. The standard InChI is InChI=1S/C14H17NO3/c1-7(2)9-6-10(16)12-11(13(9)17)14(18-5)8(3)15(12)4/h6-7H,1-5H3. The number of hydrogen-bond acceptors (Lipinski definition) is 3. The Labute approximate surface area is 106 Å². The molecule has 0 unspecified atom stereocenters. The quantitative estimate of drug-likeness (QED) is 0.805. The molecule has 0 N–H and O–H groups in total. The van der Waals surface area contributed by atoms with Crippen LogP contribution in [-0.4, -0.2) is 23.2 Å². The third-order valence-electron chi connectivity index (χ3n) is 3.47. The van der Waals surface area contributed by atoms with E-state index in [1.807, 2.05) is 20.8 Å². The lowest BCUT2D eigenvalue weighted by Crippen LogP contribution is -2.21. The molecular weight excluding hydrogens is 230 g/mol. The molecule has 18 heavy (non-hydrogen) atoms. The predicted octanol–water partition coefficient (Wildman–Crippen LogP) is 2.30. The zero-order valence-corrected chi connectivity index (χ0v) is 11.3. The summed E-state index contributed by atoms with van der Waals surface area (Å²) >= 11 is 0. The van der Waals surface area contributed by atoms with E-state index in [4.69, 9.17) is 4.74 Å². The molecule has 1 heterocycles. The first-order chi connectivity index (χ1) is 8.40. The molecule has 4 nitrogen and oxygen atoms in total. The van der Waals surface area contributed by atoms with Crippen LogP contribution in [0.4, 0.5) is 0 Å². The van der Waals surface area contributed by atoms with Crippen LogP contribution in [0.15, 0.2) is 11.6 Å². The monoisotopic (exact) mass is 247 g/mol. The minimum Gasteiger partial charge on any atom is -0.494 e. The van der Waals surface area contributed by atoms with Gasteiger partial charge < -0.3 is 9.30 Å². The maximum absolute atomic E-state index is 12.4. The number of fused-ring (bicyclic) bond motifs is 1. The van der Waals surface area contributed by atoms with Gasteiger partial charge in [0.15, 0.2) is 11.5 Å². The van der Waals surface area contributed by atoms with Gasteiger partial charge >= 0.3 is 0 Å². The molecule has 0 atom stereocenters. The van der Waals surface area contributed by atoms with Gasteiger partial charge in [-0.25, -0.2) is 0 Å². The molecule has 1 aromatic heterocycles. The normalized spacial score (nSPS) is 14.9. The lowest BCUT2D eigenvalue weighted by atomic mass is 9.87. The highest BCUT2D eigenvalue weighted by Gasteiger charge is 2.34. The van der Waals surface area contributed by atoms with Crippen LogP contribution in [0.3, 0.4) is 0 Å². The molecule has 0 amide bonds. The Kier molecular flexibility index (Phi) is 2.89. The van der Waals surface area contributed by atoms with Gasteiger partial charge in [0.25, 0.3) is 0 Å². The first kappa shape index (κ1) is 12.6. The minimum atomic E-state index is -0.123. The minimum absolute atomic E-state index is 0.0276. The Bertz CT molecular complexity index is 576. The maximum Gasteiger partial charge on any atom is 0.203 e. The fraction of sp³-hybridized carbons (Fsp3) is 0.429. The van der Waals surface area contributed by atoms with Crippen molar-refractivity contribution in [3.63, 3.8) is 0 Å². The van der Waals surface area contributed by atoms with Crippen molar-refractivity contribution in [2.24, 2.45) is 13.0 Å². The van der Waals surface area contributed by atoms with Gasteiger partial charge in [0.1, 0.15) is 5.69 Å². The van der Waals surface area contributed by atoms with Crippen molar-refractivity contribution in [3.05, 3.63) is 28.6 Å². The van der Waals surface area contributed by atoms with Gasteiger partial charge in [0, 0.05) is 12.6 Å². The van der Waals surface area contributed by atoms with Crippen LogP contribution in [0.1, 0.15) is 40.4 Å². The Balaban J connectivity index is 2.74. The lowest BCUT2D eigenvalue weighted by molar-refractivity contribution is 0.0970. The summed E-state index contributed by atoms with van der Waals surface area (Å²) in [6, 6.07) is 0. The van der Waals surface area contributed by atoms with Crippen LogP contribution in [0.25, 0.3) is 0 Å². The first-order valence-electron chi connectivity index (χ1n) is 5.94. The van der Waals surface area contributed by atoms with Gasteiger partial charge in [-0.05, 0) is 18.9 Å². The van der Waals surface area contributed by atoms with E-state index < -0.39 is 0 Å². The van der Waals surface area contributed by atoms with E-state index in [9.17, 15) is 9.59 Å². The molecule has 0 saturated heterocycles. The summed E-state index contributed by atoms with van der Waals surface area (Å²) in [5.74, 6) is 0.319. The molecule has 0 spiro atoms. The number of ether oxygens (including phenoxy) is 1. The average molecular weight is 247 g/mol. The average Bonchev–Trinajstić information content (AvgIpc) is 2.57. The second-order valence-corrected chi connectivity index (χ2v) is 4.85. The second kappa shape index (κ2) is 4.12. The fourth-order valence-corrected chi connectivity index (χ4v) is 2.37. The van der Waals surface area contributed by atoms with Gasteiger partial charge in [0.2, 0.25) is 5.78 Å². The molecule has 2 rings (SSSR count). The van der Waals surface area contributed by atoms with E-state index >= 15 is 0 Å². The fourth-order valence-electron chi connectivity index (χ4n) is 2.37. The molecule has 0 aliphatic heterocycles. The SMILES string of the molecule is COc1c2c(n(C)c1C)C(=O)C=C(C(C)C)C2=O. The second-order valence-electron chi connectivity index (χ2n) is 4.85. The molecular formula is C14H17NO3. The van der Waals surface area contributed by atoms with Crippen LogP contribution < -0.4 is 4.74 Å². The molecule has 4 heteroatoms.